The fraction of sp³-hybridized carbons (Fsp3) is 0.250. The number of hydrogen-bond donors (Lipinski definition) is 0. The number of nitrogens with zero attached hydrogens (tertiary/aromatic N) is 3. The Kier molecular flexibility index (Phi) is 3.64. The zero-order valence-corrected chi connectivity index (χ0v) is 13.6. The molecule has 2 aromatic heterocycles. The summed E-state index contributed by atoms with van der Waals surface area (Å²) in [4.78, 5) is 9.13. The Hall–Kier alpha value is -1.58. The van der Waals surface area contributed by atoms with E-state index in [0.717, 1.165) is 33.8 Å². The van der Waals surface area contributed by atoms with E-state index < -0.39 is 0 Å². The van der Waals surface area contributed by atoms with Crippen LogP contribution in [0.5, 0.6) is 0 Å². The molecule has 1 unspecified atom stereocenters. The predicted molar refractivity (Wildman–Crippen MR) is 87.6 cm³/mol. The second-order valence-electron chi connectivity index (χ2n) is 5.18. The lowest BCUT2D eigenvalue weighted by Gasteiger charge is -2.12. The molecular weight excluding hydrogens is 305 g/mol. The zero-order valence-electron chi connectivity index (χ0n) is 12.1. The number of hydrogen-bond acceptors (Lipinski definition) is 2. The fourth-order valence-electron chi connectivity index (χ4n) is 2.41. The monoisotopic (exact) mass is 319 g/mol. The van der Waals surface area contributed by atoms with Crippen molar-refractivity contribution >= 4 is 34.4 Å². The third-order valence-corrected chi connectivity index (χ3v) is 3.97. The number of imidazole rings is 1. The van der Waals surface area contributed by atoms with Crippen molar-refractivity contribution in [3.05, 3.63) is 52.4 Å². The molecular formula is C16H15Cl2N3. The first-order valence-corrected chi connectivity index (χ1v) is 7.55. The van der Waals surface area contributed by atoms with Gasteiger partial charge in [-0.2, -0.15) is 0 Å². The summed E-state index contributed by atoms with van der Waals surface area (Å²) in [5.74, 6) is 0.749. The molecule has 0 aliphatic rings. The lowest BCUT2D eigenvalue weighted by molar-refractivity contribution is 0.877. The standard InChI is InChI=1S/C16H15Cl2N3/c1-9-4-5-13(12(18)8-9)21-15(11(3)17)20-14-10(2)6-7-19-16(14)21/h4-8,11H,1-3H3. The predicted octanol–water partition coefficient (Wildman–Crippen LogP) is 4.99. The van der Waals surface area contributed by atoms with E-state index >= 15 is 0 Å². The summed E-state index contributed by atoms with van der Waals surface area (Å²) in [6, 6.07) is 7.87. The van der Waals surface area contributed by atoms with E-state index in [-0.39, 0.29) is 5.38 Å². The van der Waals surface area contributed by atoms with Crippen LogP contribution < -0.4 is 0 Å². The van der Waals surface area contributed by atoms with Crippen molar-refractivity contribution in [3.63, 3.8) is 0 Å². The zero-order chi connectivity index (χ0) is 15.1. The summed E-state index contributed by atoms with van der Waals surface area (Å²) in [5, 5.41) is 0.423. The number of aromatic nitrogens is 3. The Morgan fingerprint density at radius 1 is 1.19 bits per heavy atom. The second-order valence-corrected chi connectivity index (χ2v) is 6.24. The van der Waals surface area contributed by atoms with Crippen molar-refractivity contribution in [3.8, 4) is 5.69 Å². The minimum absolute atomic E-state index is 0.240. The van der Waals surface area contributed by atoms with Crippen molar-refractivity contribution in [2.45, 2.75) is 26.1 Å². The van der Waals surface area contributed by atoms with Crippen LogP contribution in [0.2, 0.25) is 5.02 Å². The van der Waals surface area contributed by atoms with Gasteiger partial charge in [-0.1, -0.05) is 17.7 Å². The number of halogens is 2. The van der Waals surface area contributed by atoms with Gasteiger partial charge in [-0.3, -0.25) is 4.57 Å². The molecule has 0 saturated heterocycles. The molecule has 1 aromatic carbocycles. The first-order valence-electron chi connectivity index (χ1n) is 6.73. The largest absolute Gasteiger partial charge is 0.278 e. The van der Waals surface area contributed by atoms with Gasteiger partial charge in [-0.05, 0) is 50.1 Å². The highest BCUT2D eigenvalue weighted by Gasteiger charge is 2.19. The summed E-state index contributed by atoms with van der Waals surface area (Å²) in [5.41, 5.74) is 4.67. The average Bonchev–Trinajstić information content (AvgIpc) is 2.80. The molecule has 3 rings (SSSR count). The summed E-state index contributed by atoms with van der Waals surface area (Å²) in [6.07, 6.45) is 1.78. The number of rotatable bonds is 2. The quantitative estimate of drug-likeness (QED) is 0.623. The van der Waals surface area contributed by atoms with E-state index in [0.29, 0.717) is 5.02 Å². The minimum Gasteiger partial charge on any atom is -0.278 e. The Bertz CT molecular complexity index is 822. The molecule has 0 fully saturated rings. The Labute approximate surface area is 133 Å². The lowest BCUT2D eigenvalue weighted by Crippen LogP contribution is -2.03. The number of alkyl halides is 1. The molecule has 0 N–H and O–H groups in total. The van der Waals surface area contributed by atoms with Crippen molar-refractivity contribution in [1.82, 2.24) is 14.5 Å². The number of fused-ring (bicyclic) bond motifs is 1. The van der Waals surface area contributed by atoms with Crippen LogP contribution in [-0.2, 0) is 0 Å². The molecule has 0 amide bonds. The fourth-order valence-corrected chi connectivity index (χ4v) is 2.87. The summed E-state index contributed by atoms with van der Waals surface area (Å²) in [7, 11) is 0. The number of pyridine rings is 1. The molecule has 108 valence electrons. The van der Waals surface area contributed by atoms with Crippen LogP contribution in [-0.4, -0.2) is 14.5 Å². The van der Waals surface area contributed by atoms with Crippen LogP contribution in [0.4, 0.5) is 0 Å². The van der Waals surface area contributed by atoms with E-state index in [4.69, 9.17) is 23.2 Å². The van der Waals surface area contributed by atoms with Gasteiger partial charge in [0.25, 0.3) is 0 Å². The third kappa shape index (κ3) is 2.41. The normalized spacial score (nSPS) is 12.8. The highest BCUT2D eigenvalue weighted by molar-refractivity contribution is 6.32. The summed E-state index contributed by atoms with van der Waals surface area (Å²) in [6.45, 7) is 5.92. The van der Waals surface area contributed by atoms with Crippen molar-refractivity contribution in [2.24, 2.45) is 0 Å². The van der Waals surface area contributed by atoms with Crippen LogP contribution >= 0.6 is 23.2 Å². The minimum atomic E-state index is -0.240. The maximum absolute atomic E-state index is 6.42. The van der Waals surface area contributed by atoms with Crippen LogP contribution in [0, 0.1) is 13.8 Å². The molecule has 0 saturated carbocycles. The maximum Gasteiger partial charge on any atom is 0.165 e. The maximum atomic E-state index is 6.42. The van der Waals surface area contributed by atoms with Crippen LogP contribution in [0.25, 0.3) is 16.9 Å². The van der Waals surface area contributed by atoms with E-state index in [1.54, 1.807) is 6.20 Å². The van der Waals surface area contributed by atoms with Gasteiger partial charge in [0.15, 0.2) is 5.65 Å². The van der Waals surface area contributed by atoms with Crippen LogP contribution in [0.3, 0.4) is 0 Å². The van der Waals surface area contributed by atoms with Gasteiger partial charge in [-0.15, -0.1) is 11.6 Å². The first kappa shape index (κ1) is 14.4. The van der Waals surface area contributed by atoms with Gasteiger partial charge in [0.05, 0.1) is 16.1 Å². The molecule has 0 bridgehead atoms. The van der Waals surface area contributed by atoms with E-state index in [1.807, 2.05) is 49.6 Å². The molecule has 0 spiro atoms. The number of benzene rings is 1. The summed E-state index contributed by atoms with van der Waals surface area (Å²) < 4.78 is 1.95. The smallest absolute Gasteiger partial charge is 0.165 e. The summed E-state index contributed by atoms with van der Waals surface area (Å²) >= 11 is 12.7. The van der Waals surface area contributed by atoms with Crippen LogP contribution in [0.15, 0.2) is 30.5 Å². The Morgan fingerprint density at radius 3 is 2.62 bits per heavy atom. The van der Waals surface area contributed by atoms with Crippen molar-refractivity contribution in [1.29, 1.82) is 0 Å². The van der Waals surface area contributed by atoms with Crippen LogP contribution in [0.1, 0.15) is 29.3 Å². The molecule has 0 aliphatic heterocycles. The molecule has 3 nitrogen and oxygen atoms in total. The van der Waals surface area contributed by atoms with E-state index in [1.165, 1.54) is 0 Å². The SMILES string of the molecule is Cc1ccc(-n2c(C(C)Cl)nc3c(C)ccnc32)c(Cl)c1. The highest BCUT2D eigenvalue weighted by atomic mass is 35.5. The highest BCUT2D eigenvalue weighted by Crippen LogP contribution is 2.31. The molecule has 21 heavy (non-hydrogen) atoms. The van der Waals surface area contributed by atoms with E-state index in [2.05, 4.69) is 9.97 Å². The first-order chi connectivity index (χ1) is 9.99. The molecule has 1 atom stereocenters. The third-order valence-electron chi connectivity index (χ3n) is 3.47. The molecule has 0 radical (unpaired) electrons. The van der Waals surface area contributed by atoms with Gasteiger partial charge >= 0.3 is 0 Å². The topological polar surface area (TPSA) is 30.7 Å². The second kappa shape index (κ2) is 5.32. The Balaban J connectivity index is 2.39. The molecule has 2 heterocycles. The van der Waals surface area contributed by atoms with Crippen molar-refractivity contribution < 1.29 is 0 Å². The molecule has 5 heteroatoms. The van der Waals surface area contributed by atoms with Gasteiger partial charge < -0.3 is 0 Å². The Morgan fingerprint density at radius 2 is 1.95 bits per heavy atom. The number of aryl methyl sites for hydroxylation is 2. The van der Waals surface area contributed by atoms with Gasteiger partial charge in [0.1, 0.15) is 11.3 Å². The van der Waals surface area contributed by atoms with Gasteiger partial charge in [-0.25, -0.2) is 9.97 Å². The molecule has 0 aliphatic carbocycles. The van der Waals surface area contributed by atoms with Gasteiger partial charge in [0, 0.05) is 6.20 Å². The van der Waals surface area contributed by atoms with Gasteiger partial charge in [0.2, 0.25) is 0 Å². The van der Waals surface area contributed by atoms with E-state index in [9.17, 15) is 0 Å². The average molecular weight is 320 g/mol. The van der Waals surface area contributed by atoms with Crippen molar-refractivity contribution in [2.75, 3.05) is 0 Å². The molecule has 3 aromatic rings. The lowest BCUT2D eigenvalue weighted by atomic mass is 10.2.